The van der Waals surface area contributed by atoms with Gasteiger partial charge in [0.1, 0.15) is 19.3 Å². The molecule has 2 aliphatic rings. The summed E-state index contributed by atoms with van der Waals surface area (Å²) in [4.78, 5) is 1.50. The number of hydrogen-bond donors (Lipinski definition) is 2. The summed E-state index contributed by atoms with van der Waals surface area (Å²) in [6, 6.07) is 8.91. The predicted octanol–water partition coefficient (Wildman–Crippen LogP) is 1.05. The molecular weight excluding hydrogens is 306 g/mol. The van der Waals surface area contributed by atoms with Crippen molar-refractivity contribution < 1.29 is 24.2 Å². The second-order valence-corrected chi connectivity index (χ2v) is 7.20. The summed E-state index contributed by atoms with van der Waals surface area (Å²) < 4.78 is 17.2. The number of aliphatic hydroxyl groups is 1. The molecule has 1 saturated heterocycles. The normalized spacial score (nSPS) is 30.8. The van der Waals surface area contributed by atoms with Crippen LogP contribution in [0.5, 0.6) is 11.5 Å². The molecule has 2 heterocycles. The molecule has 1 aromatic rings. The van der Waals surface area contributed by atoms with E-state index in [0.29, 0.717) is 31.9 Å². The molecule has 134 valence electrons. The summed E-state index contributed by atoms with van der Waals surface area (Å²) in [5, 5.41) is 10.3. The molecule has 1 aromatic carbocycles. The van der Waals surface area contributed by atoms with Crippen LogP contribution in [0, 0.1) is 0 Å². The Morgan fingerprint density at radius 1 is 1.21 bits per heavy atom. The third-order valence-corrected chi connectivity index (χ3v) is 5.19. The largest absolute Gasteiger partial charge is 0.486 e. The number of piperidine rings is 1. The van der Waals surface area contributed by atoms with E-state index in [1.54, 1.807) is 0 Å². The van der Waals surface area contributed by atoms with Gasteiger partial charge in [-0.15, -0.1) is 0 Å². The lowest BCUT2D eigenvalue weighted by Gasteiger charge is -2.36. The number of nitrogens with one attached hydrogen (secondary N) is 1. The minimum atomic E-state index is -0.431. The molecule has 5 nitrogen and oxygen atoms in total. The first kappa shape index (κ1) is 17.5. The fourth-order valence-corrected chi connectivity index (χ4v) is 3.80. The summed E-state index contributed by atoms with van der Waals surface area (Å²) in [6.07, 6.45) is 3.26. The maximum Gasteiger partial charge on any atom is 0.161 e. The lowest BCUT2D eigenvalue weighted by atomic mass is 9.97. The van der Waals surface area contributed by atoms with Gasteiger partial charge in [0.05, 0.1) is 25.3 Å². The number of ether oxygens (including phenoxy) is 3. The summed E-state index contributed by atoms with van der Waals surface area (Å²) in [7, 11) is 0. The molecule has 24 heavy (non-hydrogen) atoms. The van der Waals surface area contributed by atoms with Gasteiger partial charge in [-0.25, -0.2) is 0 Å². The van der Waals surface area contributed by atoms with Gasteiger partial charge >= 0.3 is 0 Å². The first-order valence-electron chi connectivity index (χ1n) is 9.13. The van der Waals surface area contributed by atoms with Crippen molar-refractivity contribution >= 4 is 0 Å². The summed E-state index contributed by atoms with van der Waals surface area (Å²) in [5.41, 5.74) is 0. The molecular formula is C19H30NO4+. The molecule has 0 aromatic heterocycles. The van der Waals surface area contributed by atoms with Crippen molar-refractivity contribution in [1.29, 1.82) is 0 Å². The van der Waals surface area contributed by atoms with E-state index in [4.69, 9.17) is 14.2 Å². The third kappa shape index (κ3) is 4.41. The van der Waals surface area contributed by atoms with E-state index in [1.807, 2.05) is 24.3 Å². The first-order valence-corrected chi connectivity index (χ1v) is 9.13. The quantitative estimate of drug-likeness (QED) is 0.815. The molecule has 0 spiro atoms. The average molecular weight is 336 g/mol. The summed E-state index contributed by atoms with van der Waals surface area (Å²) >= 11 is 0. The average Bonchev–Trinajstić information content (AvgIpc) is 2.58. The second-order valence-electron chi connectivity index (χ2n) is 7.20. The Labute approximate surface area is 144 Å². The molecule has 3 rings (SSSR count). The minimum absolute atomic E-state index is 0.118. The Morgan fingerprint density at radius 3 is 2.67 bits per heavy atom. The van der Waals surface area contributed by atoms with Crippen LogP contribution < -0.4 is 14.4 Å². The molecule has 2 aliphatic heterocycles. The Bertz CT molecular complexity index is 514. The number of aliphatic hydroxyl groups excluding tert-OH is 1. The van der Waals surface area contributed by atoms with Gasteiger partial charge in [-0.1, -0.05) is 12.1 Å². The molecule has 2 N–H and O–H groups in total. The Balaban J connectivity index is 1.39. The lowest BCUT2D eigenvalue weighted by Crippen LogP contribution is -3.20. The molecule has 0 radical (unpaired) electrons. The van der Waals surface area contributed by atoms with Gasteiger partial charge in [-0.2, -0.15) is 0 Å². The van der Waals surface area contributed by atoms with Gasteiger partial charge in [0.15, 0.2) is 17.6 Å². The predicted molar refractivity (Wildman–Crippen MR) is 91.8 cm³/mol. The van der Waals surface area contributed by atoms with Crippen LogP contribution in [0.1, 0.15) is 33.1 Å². The number of fused-ring (bicyclic) bond motifs is 1. The molecule has 0 aliphatic carbocycles. The number of para-hydroxylation sites is 2. The van der Waals surface area contributed by atoms with Gasteiger partial charge in [0.2, 0.25) is 0 Å². The van der Waals surface area contributed by atoms with Crippen LogP contribution in [0.4, 0.5) is 0 Å². The van der Waals surface area contributed by atoms with E-state index in [0.717, 1.165) is 18.0 Å². The van der Waals surface area contributed by atoms with Crippen LogP contribution in [0.2, 0.25) is 0 Å². The molecule has 5 atom stereocenters. The van der Waals surface area contributed by atoms with Crippen LogP contribution >= 0.6 is 0 Å². The summed E-state index contributed by atoms with van der Waals surface area (Å²) in [6.45, 7) is 6.59. The van der Waals surface area contributed by atoms with Gasteiger partial charge in [0, 0.05) is 0 Å². The van der Waals surface area contributed by atoms with E-state index in [-0.39, 0.29) is 6.10 Å². The Hall–Kier alpha value is -1.30. The SMILES string of the molecule is C[C@@H]1CCC[C@H](C)[NH+]1C[C@H](O)COC[C@@H]1COc2ccccc2O1. The number of quaternary nitrogens is 1. The van der Waals surface area contributed by atoms with Crippen molar-refractivity contribution in [3.05, 3.63) is 24.3 Å². The zero-order chi connectivity index (χ0) is 16.9. The van der Waals surface area contributed by atoms with E-state index < -0.39 is 6.10 Å². The van der Waals surface area contributed by atoms with E-state index >= 15 is 0 Å². The molecule has 5 heteroatoms. The topological polar surface area (TPSA) is 52.4 Å². The van der Waals surface area contributed by atoms with E-state index in [9.17, 15) is 5.11 Å². The fourth-order valence-electron chi connectivity index (χ4n) is 3.80. The number of rotatable bonds is 6. The minimum Gasteiger partial charge on any atom is -0.486 e. The highest BCUT2D eigenvalue weighted by atomic mass is 16.6. The van der Waals surface area contributed by atoms with Crippen molar-refractivity contribution in [2.24, 2.45) is 0 Å². The monoisotopic (exact) mass is 336 g/mol. The van der Waals surface area contributed by atoms with Crippen LogP contribution in [-0.2, 0) is 4.74 Å². The molecule has 0 saturated carbocycles. The highest BCUT2D eigenvalue weighted by molar-refractivity contribution is 5.40. The smallest absolute Gasteiger partial charge is 0.161 e. The van der Waals surface area contributed by atoms with Crippen LogP contribution in [0.3, 0.4) is 0 Å². The summed E-state index contributed by atoms with van der Waals surface area (Å²) in [5.74, 6) is 1.55. The zero-order valence-corrected chi connectivity index (χ0v) is 14.7. The fraction of sp³-hybridized carbons (Fsp3) is 0.684. The van der Waals surface area contributed by atoms with Gasteiger partial charge in [-0.05, 0) is 45.2 Å². The van der Waals surface area contributed by atoms with Gasteiger partial charge in [0.25, 0.3) is 0 Å². The maximum atomic E-state index is 10.3. The van der Waals surface area contributed by atoms with Crippen LogP contribution in [0.15, 0.2) is 24.3 Å². The highest BCUT2D eigenvalue weighted by Gasteiger charge is 2.30. The highest BCUT2D eigenvalue weighted by Crippen LogP contribution is 2.30. The number of likely N-dealkylation sites (tertiary alicyclic amines) is 1. The van der Waals surface area contributed by atoms with Crippen molar-refractivity contribution in [3.8, 4) is 11.5 Å². The van der Waals surface area contributed by atoms with Crippen molar-refractivity contribution in [3.63, 3.8) is 0 Å². The Kier molecular flexibility index (Phi) is 5.98. The standard InChI is InChI=1S/C19H29NO4/c1-14-6-5-7-15(2)20(14)10-16(21)11-22-12-17-13-23-18-8-3-4-9-19(18)24-17/h3-4,8-9,14-17,21H,5-7,10-13H2,1-2H3/p+1/t14-,15+,16-,17+/m0/s1. The van der Waals surface area contributed by atoms with Crippen LogP contribution in [0.25, 0.3) is 0 Å². The molecule has 0 bridgehead atoms. The van der Waals surface area contributed by atoms with Gasteiger partial charge in [-0.3, -0.25) is 0 Å². The van der Waals surface area contributed by atoms with Gasteiger partial charge < -0.3 is 24.2 Å². The second kappa shape index (κ2) is 8.19. The molecule has 0 amide bonds. The number of benzene rings is 1. The molecule has 1 fully saturated rings. The third-order valence-electron chi connectivity index (χ3n) is 5.19. The zero-order valence-electron chi connectivity index (χ0n) is 14.7. The van der Waals surface area contributed by atoms with Crippen molar-refractivity contribution in [2.45, 2.75) is 57.4 Å². The van der Waals surface area contributed by atoms with Crippen molar-refractivity contribution in [2.75, 3.05) is 26.4 Å². The molecule has 1 unspecified atom stereocenters. The maximum absolute atomic E-state index is 10.3. The van der Waals surface area contributed by atoms with Crippen LogP contribution in [-0.4, -0.2) is 55.8 Å². The first-order chi connectivity index (χ1) is 11.6. The lowest BCUT2D eigenvalue weighted by molar-refractivity contribution is -0.954. The number of hydrogen-bond acceptors (Lipinski definition) is 4. The Morgan fingerprint density at radius 2 is 1.92 bits per heavy atom. The van der Waals surface area contributed by atoms with E-state index in [2.05, 4.69) is 13.8 Å². The van der Waals surface area contributed by atoms with E-state index in [1.165, 1.54) is 24.2 Å². The van der Waals surface area contributed by atoms with Crippen molar-refractivity contribution in [1.82, 2.24) is 0 Å².